The van der Waals surface area contributed by atoms with Gasteiger partial charge in [-0.15, -0.1) is 0 Å². The number of fused-ring (bicyclic) bond motifs is 2. The quantitative estimate of drug-likeness (QED) is 0.705. The topological polar surface area (TPSA) is 107 Å². The van der Waals surface area contributed by atoms with E-state index in [9.17, 15) is 14.4 Å². The maximum absolute atomic E-state index is 13.2. The van der Waals surface area contributed by atoms with Crippen molar-refractivity contribution in [2.45, 2.75) is 31.3 Å². The fraction of sp³-hybridized carbons (Fsp3) is 0.238. The normalized spacial score (nSPS) is 18.5. The molecule has 1 aliphatic rings. The van der Waals surface area contributed by atoms with Crippen molar-refractivity contribution in [3.8, 4) is 0 Å². The molecule has 0 saturated carbocycles. The number of hydrogen-bond donors (Lipinski definition) is 2. The van der Waals surface area contributed by atoms with Gasteiger partial charge in [-0.05, 0) is 30.5 Å². The molecule has 7 nitrogen and oxygen atoms in total. The lowest BCUT2D eigenvalue weighted by molar-refractivity contribution is -0.127. The first kappa shape index (κ1) is 17.9. The molecular weight excluding hydrogens is 356 g/mol. The second-order valence-corrected chi connectivity index (χ2v) is 6.93. The summed E-state index contributed by atoms with van der Waals surface area (Å²) in [6, 6.07) is 15.5. The largest absolute Gasteiger partial charge is 0.370 e. The molecule has 1 aliphatic heterocycles. The van der Waals surface area contributed by atoms with E-state index in [-0.39, 0.29) is 24.3 Å². The highest BCUT2D eigenvalue weighted by molar-refractivity contribution is 5.84. The molecule has 4 rings (SSSR count). The van der Waals surface area contributed by atoms with E-state index in [1.54, 1.807) is 18.2 Å². The van der Waals surface area contributed by atoms with Crippen LogP contribution in [0.2, 0.25) is 0 Å². The number of rotatable bonds is 5. The molecule has 7 heteroatoms. The van der Waals surface area contributed by atoms with Gasteiger partial charge in [0.1, 0.15) is 11.9 Å². The van der Waals surface area contributed by atoms with Crippen LogP contribution in [0.15, 0.2) is 59.4 Å². The highest BCUT2D eigenvalue weighted by atomic mass is 16.2. The lowest BCUT2D eigenvalue weighted by atomic mass is 9.99. The number of carbonyl (C=O) groups is 2. The van der Waals surface area contributed by atoms with Crippen molar-refractivity contribution in [1.82, 2.24) is 14.9 Å². The Morgan fingerprint density at radius 2 is 1.79 bits per heavy atom. The summed E-state index contributed by atoms with van der Waals surface area (Å²) in [4.78, 5) is 42.0. The molecule has 0 radical (unpaired) electrons. The van der Waals surface area contributed by atoms with E-state index in [2.05, 4.69) is 5.32 Å². The van der Waals surface area contributed by atoms with Crippen molar-refractivity contribution >= 4 is 22.7 Å². The van der Waals surface area contributed by atoms with Gasteiger partial charge in [-0.3, -0.25) is 19.0 Å². The number of nitrogens with two attached hydrogens (primary N) is 1. The Labute approximate surface area is 161 Å². The molecule has 2 atom stereocenters. The highest BCUT2D eigenvalue weighted by Gasteiger charge is 2.35. The Morgan fingerprint density at radius 1 is 1.07 bits per heavy atom. The van der Waals surface area contributed by atoms with Crippen LogP contribution in [-0.4, -0.2) is 21.4 Å². The van der Waals surface area contributed by atoms with E-state index < -0.39 is 18.0 Å². The minimum atomic E-state index is -0.806. The number of aromatic nitrogens is 2. The van der Waals surface area contributed by atoms with Crippen LogP contribution in [0.25, 0.3) is 10.9 Å². The first-order valence-electron chi connectivity index (χ1n) is 9.18. The van der Waals surface area contributed by atoms with Gasteiger partial charge in [-0.1, -0.05) is 42.5 Å². The summed E-state index contributed by atoms with van der Waals surface area (Å²) in [7, 11) is 0. The van der Waals surface area contributed by atoms with Crippen LogP contribution in [0.5, 0.6) is 0 Å². The molecule has 1 aromatic heterocycles. The summed E-state index contributed by atoms with van der Waals surface area (Å²) >= 11 is 0. The maximum Gasteiger partial charge on any atom is 0.262 e. The van der Waals surface area contributed by atoms with Crippen molar-refractivity contribution in [3.05, 3.63) is 76.3 Å². The summed E-state index contributed by atoms with van der Waals surface area (Å²) in [6.07, 6.45) is 0.687. The van der Waals surface area contributed by atoms with Crippen LogP contribution in [0.1, 0.15) is 36.3 Å². The Bertz CT molecular complexity index is 1110. The lowest BCUT2D eigenvalue weighted by Gasteiger charge is -2.33. The third-order valence-corrected chi connectivity index (χ3v) is 5.02. The van der Waals surface area contributed by atoms with Gasteiger partial charge < -0.3 is 11.1 Å². The monoisotopic (exact) mass is 376 g/mol. The van der Waals surface area contributed by atoms with Crippen LogP contribution in [0, 0.1) is 0 Å². The van der Waals surface area contributed by atoms with Gasteiger partial charge in [-0.25, -0.2) is 4.98 Å². The second kappa shape index (κ2) is 7.26. The summed E-state index contributed by atoms with van der Waals surface area (Å²) < 4.78 is 1.44. The minimum absolute atomic E-state index is 0.0140. The van der Waals surface area contributed by atoms with E-state index in [4.69, 9.17) is 10.7 Å². The second-order valence-electron chi connectivity index (χ2n) is 6.93. The van der Waals surface area contributed by atoms with Crippen molar-refractivity contribution in [1.29, 1.82) is 0 Å². The summed E-state index contributed by atoms with van der Waals surface area (Å²) in [5, 5.41) is 3.42. The van der Waals surface area contributed by atoms with Gasteiger partial charge in [0.15, 0.2) is 0 Å². The van der Waals surface area contributed by atoms with E-state index in [1.807, 2.05) is 36.4 Å². The van der Waals surface area contributed by atoms with Gasteiger partial charge in [-0.2, -0.15) is 0 Å². The third-order valence-electron chi connectivity index (χ3n) is 5.02. The molecule has 2 heterocycles. The standard InChI is InChI=1S/C21H20N4O3/c22-18(26)11-10-17-20(27)24-16(12-13-6-2-1-3-7-13)19-23-15-9-5-4-8-14(15)21(28)25(17)19/h1-9,16-17H,10-12H2,(H2,22,26)(H,24,27)/t16-,17+/m1/s1. The molecule has 3 N–H and O–H groups in total. The maximum atomic E-state index is 13.2. The molecule has 0 fully saturated rings. The lowest BCUT2D eigenvalue weighted by Crippen LogP contribution is -2.48. The van der Waals surface area contributed by atoms with E-state index in [0.717, 1.165) is 5.56 Å². The number of carbonyl (C=O) groups excluding carboxylic acids is 2. The minimum Gasteiger partial charge on any atom is -0.370 e. The van der Waals surface area contributed by atoms with Crippen molar-refractivity contribution in [3.63, 3.8) is 0 Å². The molecule has 28 heavy (non-hydrogen) atoms. The van der Waals surface area contributed by atoms with Crippen LogP contribution >= 0.6 is 0 Å². The molecule has 0 saturated heterocycles. The van der Waals surface area contributed by atoms with Crippen molar-refractivity contribution in [2.24, 2.45) is 5.73 Å². The number of nitrogens with one attached hydrogen (secondary N) is 1. The molecule has 2 aromatic carbocycles. The van der Waals surface area contributed by atoms with Gasteiger partial charge in [0.25, 0.3) is 5.56 Å². The Kier molecular flexibility index (Phi) is 4.65. The molecule has 2 amide bonds. The fourth-order valence-corrected chi connectivity index (χ4v) is 3.69. The number of primary amides is 1. The zero-order valence-electron chi connectivity index (χ0n) is 15.2. The predicted molar refractivity (Wildman–Crippen MR) is 104 cm³/mol. The number of para-hydroxylation sites is 1. The fourth-order valence-electron chi connectivity index (χ4n) is 3.69. The molecule has 0 aliphatic carbocycles. The summed E-state index contributed by atoms with van der Waals surface area (Å²) in [6.45, 7) is 0. The average molecular weight is 376 g/mol. The van der Waals surface area contributed by atoms with Crippen molar-refractivity contribution in [2.75, 3.05) is 0 Å². The molecule has 3 aromatic rings. The third kappa shape index (κ3) is 3.26. The summed E-state index contributed by atoms with van der Waals surface area (Å²) in [5.74, 6) is -0.307. The van der Waals surface area contributed by atoms with E-state index in [0.29, 0.717) is 23.1 Å². The van der Waals surface area contributed by atoms with E-state index in [1.165, 1.54) is 4.57 Å². The zero-order valence-corrected chi connectivity index (χ0v) is 15.2. The van der Waals surface area contributed by atoms with Gasteiger partial charge in [0.05, 0.1) is 16.9 Å². The highest BCUT2D eigenvalue weighted by Crippen LogP contribution is 2.28. The Morgan fingerprint density at radius 3 is 2.54 bits per heavy atom. The molecule has 142 valence electrons. The summed E-state index contributed by atoms with van der Waals surface area (Å²) in [5.41, 5.74) is 6.59. The SMILES string of the molecule is NC(=O)CC[C@H]1C(=O)N[C@H](Cc2ccccc2)c2nc3ccccc3c(=O)n21. The van der Waals surface area contributed by atoms with Crippen LogP contribution in [-0.2, 0) is 16.0 Å². The number of amides is 2. The van der Waals surface area contributed by atoms with Crippen LogP contribution in [0.3, 0.4) is 0 Å². The van der Waals surface area contributed by atoms with E-state index >= 15 is 0 Å². The number of nitrogens with zero attached hydrogens (tertiary/aromatic N) is 2. The smallest absolute Gasteiger partial charge is 0.262 e. The molecule has 0 spiro atoms. The van der Waals surface area contributed by atoms with Crippen molar-refractivity contribution < 1.29 is 9.59 Å². The first-order valence-corrected chi connectivity index (χ1v) is 9.18. The van der Waals surface area contributed by atoms with Gasteiger partial charge in [0.2, 0.25) is 11.8 Å². The zero-order chi connectivity index (χ0) is 19.7. The predicted octanol–water partition coefficient (Wildman–Crippen LogP) is 1.62. The Balaban J connectivity index is 1.85. The molecular formula is C21H20N4O3. The molecule has 0 unspecified atom stereocenters. The van der Waals surface area contributed by atoms with Gasteiger partial charge >= 0.3 is 0 Å². The number of benzene rings is 2. The first-order chi connectivity index (χ1) is 13.5. The molecule has 0 bridgehead atoms. The number of hydrogen-bond acceptors (Lipinski definition) is 4. The Hall–Kier alpha value is -3.48. The van der Waals surface area contributed by atoms with Crippen LogP contribution < -0.4 is 16.6 Å². The average Bonchev–Trinajstić information content (AvgIpc) is 2.69. The van der Waals surface area contributed by atoms with Gasteiger partial charge in [0, 0.05) is 6.42 Å². The van der Waals surface area contributed by atoms with Crippen LogP contribution in [0.4, 0.5) is 0 Å².